The van der Waals surface area contributed by atoms with E-state index in [-0.39, 0.29) is 11.5 Å². The number of nitrogens with zero attached hydrogens (tertiary/aromatic N) is 3. The average Bonchev–Trinajstić information content (AvgIpc) is 2.25. The number of amidine groups is 1. The third kappa shape index (κ3) is 3.59. The summed E-state index contributed by atoms with van der Waals surface area (Å²) < 4.78 is 39.7. The van der Waals surface area contributed by atoms with E-state index >= 15 is 0 Å². The minimum atomic E-state index is -4.48. The van der Waals surface area contributed by atoms with Crippen LogP contribution in [0.4, 0.5) is 13.2 Å². The van der Waals surface area contributed by atoms with Crippen LogP contribution in [0.3, 0.4) is 0 Å². The first-order chi connectivity index (χ1) is 7.42. The molecule has 88 valence electrons. The Morgan fingerprint density at radius 3 is 2.81 bits per heavy atom. The van der Waals surface area contributed by atoms with Gasteiger partial charge in [-0.2, -0.15) is 18.2 Å². The quantitative estimate of drug-likeness (QED) is 0.345. The molecule has 0 saturated heterocycles. The third-order valence-electron chi connectivity index (χ3n) is 1.37. The molecule has 1 aromatic rings. The van der Waals surface area contributed by atoms with Gasteiger partial charge in [0, 0.05) is 6.20 Å². The number of ether oxygens (including phenoxy) is 1. The monoisotopic (exact) mass is 236 g/mol. The molecule has 0 aromatic carbocycles. The van der Waals surface area contributed by atoms with Crippen LogP contribution in [0.2, 0.25) is 0 Å². The van der Waals surface area contributed by atoms with Crippen LogP contribution in [0, 0.1) is 0 Å². The fourth-order valence-electron chi connectivity index (χ4n) is 0.751. The zero-order valence-corrected chi connectivity index (χ0v) is 7.77. The Bertz CT molecular complexity index is 393. The number of rotatable bonds is 3. The van der Waals surface area contributed by atoms with E-state index in [1.807, 2.05) is 0 Å². The number of hydrogen-bond acceptors (Lipinski definition) is 5. The number of alkyl halides is 3. The normalized spacial score (nSPS) is 12.6. The Morgan fingerprint density at radius 1 is 1.56 bits per heavy atom. The van der Waals surface area contributed by atoms with E-state index in [0.29, 0.717) is 0 Å². The largest absolute Gasteiger partial charge is 0.454 e. The van der Waals surface area contributed by atoms with E-state index in [1.54, 1.807) is 0 Å². The topological polar surface area (TPSA) is 93.6 Å². The van der Waals surface area contributed by atoms with Crippen molar-refractivity contribution in [1.82, 2.24) is 9.97 Å². The molecule has 1 aromatic heterocycles. The first kappa shape index (κ1) is 12.0. The first-order valence-corrected chi connectivity index (χ1v) is 3.93. The maximum absolute atomic E-state index is 11.8. The minimum Gasteiger partial charge on any atom is -0.454 e. The molecule has 0 aliphatic heterocycles. The van der Waals surface area contributed by atoms with Crippen LogP contribution in [0.5, 0.6) is 6.01 Å². The number of halogens is 3. The van der Waals surface area contributed by atoms with Gasteiger partial charge >= 0.3 is 12.2 Å². The molecule has 0 bridgehead atoms. The molecular formula is C7H7F3N4O2. The highest BCUT2D eigenvalue weighted by molar-refractivity contribution is 5.95. The summed E-state index contributed by atoms with van der Waals surface area (Å²) in [6.07, 6.45) is -3.35. The van der Waals surface area contributed by atoms with E-state index in [2.05, 4.69) is 19.9 Å². The minimum absolute atomic E-state index is 0.0327. The van der Waals surface area contributed by atoms with Gasteiger partial charge in [0.2, 0.25) is 0 Å². The van der Waals surface area contributed by atoms with Gasteiger partial charge in [-0.3, -0.25) is 0 Å². The van der Waals surface area contributed by atoms with E-state index in [4.69, 9.17) is 10.9 Å². The number of aromatic nitrogens is 2. The Hall–Kier alpha value is -2.06. The lowest BCUT2D eigenvalue weighted by Crippen LogP contribution is -2.21. The molecule has 0 radical (unpaired) electrons. The van der Waals surface area contributed by atoms with E-state index in [9.17, 15) is 13.2 Å². The van der Waals surface area contributed by atoms with Gasteiger partial charge in [-0.15, -0.1) is 0 Å². The second kappa shape index (κ2) is 4.64. The summed E-state index contributed by atoms with van der Waals surface area (Å²) in [4.78, 5) is 6.93. The maximum atomic E-state index is 11.8. The number of oxime groups is 1. The van der Waals surface area contributed by atoms with Gasteiger partial charge in [0.25, 0.3) is 0 Å². The predicted molar refractivity (Wildman–Crippen MR) is 46.1 cm³/mol. The maximum Gasteiger partial charge on any atom is 0.422 e. The molecule has 0 amide bonds. The summed E-state index contributed by atoms with van der Waals surface area (Å²) in [5.74, 6) is -0.348. The van der Waals surface area contributed by atoms with Crippen LogP contribution in [0.15, 0.2) is 17.4 Å². The molecule has 0 atom stereocenters. The van der Waals surface area contributed by atoms with Crippen molar-refractivity contribution in [3.05, 3.63) is 18.0 Å². The molecule has 1 rings (SSSR count). The molecule has 0 saturated carbocycles. The highest BCUT2D eigenvalue weighted by Crippen LogP contribution is 2.15. The van der Waals surface area contributed by atoms with Crippen molar-refractivity contribution in [1.29, 1.82) is 0 Å². The van der Waals surface area contributed by atoms with Gasteiger partial charge in [0.1, 0.15) is 5.69 Å². The van der Waals surface area contributed by atoms with Crippen molar-refractivity contribution in [2.75, 3.05) is 6.61 Å². The summed E-state index contributed by atoms with van der Waals surface area (Å²) in [6, 6.07) is 0.761. The van der Waals surface area contributed by atoms with Crippen molar-refractivity contribution in [2.45, 2.75) is 6.18 Å². The first-order valence-electron chi connectivity index (χ1n) is 3.93. The van der Waals surface area contributed by atoms with Crippen molar-refractivity contribution >= 4 is 5.84 Å². The Labute approximate surface area is 87.6 Å². The summed E-state index contributed by atoms with van der Waals surface area (Å²) in [6.45, 7) is -1.51. The second-order valence-electron chi connectivity index (χ2n) is 2.61. The predicted octanol–water partition coefficient (Wildman–Crippen LogP) is 0.512. The SMILES string of the molecule is N/C(=N/O)c1ccnc(OCC(F)(F)F)n1. The molecule has 3 N–H and O–H groups in total. The van der Waals surface area contributed by atoms with Gasteiger partial charge in [0.15, 0.2) is 12.4 Å². The molecule has 9 heteroatoms. The lowest BCUT2D eigenvalue weighted by Gasteiger charge is -2.07. The number of nitrogens with two attached hydrogens (primary N) is 1. The smallest absolute Gasteiger partial charge is 0.422 e. The van der Waals surface area contributed by atoms with Crippen molar-refractivity contribution in [3.63, 3.8) is 0 Å². The van der Waals surface area contributed by atoms with Gasteiger partial charge in [-0.25, -0.2) is 4.98 Å². The van der Waals surface area contributed by atoms with Gasteiger partial charge in [-0.1, -0.05) is 5.16 Å². The Morgan fingerprint density at radius 2 is 2.25 bits per heavy atom. The highest BCUT2D eigenvalue weighted by atomic mass is 19.4. The molecular weight excluding hydrogens is 229 g/mol. The molecule has 6 nitrogen and oxygen atoms in total. The van der Waals surface area contributed by atoms with Crippen LogP contribution in [0.1, 0.15) is 5.69 Å². The zero-order chi connectivity index (χ0) is 12.2. The van der Waals surface area contributed by atoms with Gasteiger partial charge in [0.05, 0.1) is 0 Å². The Balaban J connectivity index is 2.76. The zero-order valence-electron chi connectivity index (χ0n) is 7.77. The van der Waals surface area contributed by atoms with Gasteiger partial charge in [-0.05, 0) is 6.07 Å². The standard InChI is InChI=1S/C7H7F3N4O2/c8-7(9,10)3-16-6-12-2-1-4(13-6)5(11)14-15/h1-2,15H,3H2,(H2,11,14). The van der Waals surface area contributed by atoms with Crippen molar-refractivity contribution < 1.29 is 23.1 Å². The molecule has 1 heterocycles. The molecule has 0 unspecified atom stereocenters. The molecule has 16 heavy (non-hydrogen) atoms. The lowest BCUT2D eigenvalue weighted by molar-refractivity contribution is -0.154. The van der Waals surface area contributed by atoms with E-state index in [0.717, 1.165) is 6.20 Å². The summed E-state index contributed by atoms with van der Waals surface area (Å²) >= 11 is 0. The van der Waals surface area contributed by atoms with E-state index in [1.165, 1.54) is 6.07 Å². The van der Waals surface area contributed by atoms with Crippen LogP contribution < -0.4 is 10.5 Å². The fourth-order valence-corrected chi connectivity index (χ4v) is 0.751. The third-order valence-corrected chi connectivity index (χ3v) is 1.37. The summed E-state index contributed by atoms with van der Waals surface area (Å²) in [5, 5.41) is 11.0. The summed E-state index contributed by atoms with van der Waals surface area (Å²) in [7, 11) is 0. The van der Waals surface area contributed by atoms with Crippen LogP contribution in [-0.2, 0) is 0 Å². The van der Waals surface area contributed by atoms with Crippen molar-refractivity contribution in [3.8, 4) is 6.01 Å². The lowest BCUT2D eigenvalue weighted by atomic mass is 10.4. The van der Waals surface area contributed by atoms with Crippen molar-refractivity contribution in [2.24, 2.45) is 10.9 Å². The molecule has 0 fully saturated rings. The van der Waals surface area contributed by atoms with Gasteiger partial charge < -0.3 is 15.7 Å². The van der Waals surface area contributed by atoms with Crippen LogP contribution in [-0.4, -0.2) is 33.8 Å². The fraction of sp³-hybridized carbons (Fsp3) is 0.286. The van der Waals surface area contributed by atoms with Crippen LogP contribution in [0.25, 0.3) is 0 Å². The highest BCUT2D eigenvalue weighted by Gasteiger charge is 2.29. The number of hydrogen-bond donors (Lipinski definition) is 2. The second-order valence-corrected chi connectivity index (χ2v) is 2.61. The molecule has 0 spiro atoms. The molecule has 0 aliphatic rings. The Kier molecular flexibility index (Phi) is 3.48. The summed E-state index contributed by atoms with van der Waals surface area (Å²) in [5.41, 5.74) is 5.14. The van der Waals surface area contributed by atoms with E-state index < -0.39 is 18.8 Å². The average molecular weight is 236 g/mol. The molecule has 0 aliphatic carbocycles. The van der Waals surface area contributed by atoms with Crippen LogP contribution >= 0.6 is 0 Å².